The lowest BCUT2D eigenvalue weighted by Gasteiger charge is -2.16. The molecule has 0 aromatic heterocycles. The third-order valence-corrected chi connectivity index (χ3v) is 3.90. The van der Waals surface area contributed by atoms with Crippen LogP contribution in [0.1, 0.15) is 52.2 Å². The highest BCUT2D eigenvalue weighted by molar-refractivity contribution is 9.10. The summed E-state index contributed by atoms with van der Waals surface area (Å²) in [5.41, 5.74) is 2.51. The minimum Gasteiger partial charge on any atom is -0.374 e. The summed E-state index contributed by atoms with van der Waals surface area (Å²) in [5.74, 6) is 0.679. The first-order chi connectivity index (χ1) is 9.38. The van der Waals surface area contributed by atoms with Crippen LogP contribution in [0.25, 0.3) is 0 Å². The molecule has 0 aliphatic carbocycles. The van der Waals surface area contributed by atoms with Gasteiger partial charge in [0.2, 0.25) is 0 Å². The SMILES string of the molecule is CC(C)CC(C)OCc1ccc(CNC(C)C)cc1Br. The number of halogens is 1. The zero-order valence-corrected chi connectivity index (χ0v) is 15.0. The Labute approximate surface area is 132 Å². The first-order valence-electron chi connectivity index (χ1n) is 7.50. The molecule has 1 aromatic rings. The van der Waals surface area contributed by atoms with Crippen molar-refractivity contribution in [1.29, 1.82) is 0 Å². The quantitative estimate of drug-likeness (QED) is 0.726. The molecular weight excluding hydrogens is 314 g/mol. The lowest BCUT2D eigenvalue weighted by atomic mass is 10.1. The molecule has 0 fully saturated rings. The largest absolute Gasteiger partial charge is 0.374 e. The van der Waals surface area contributed by atoms with Crippen LogP contribution in [-0.2, 0) is 17.9 Å². The predicted molar refractivity (Wildman–Crippen MR) is 89.8 cm³/mol. The van der Waals surface area contributed by atoms with E-state index in [1.165, 1.54) is 11.1 Å². The van der Waals surface area contributed by atoms with Crippen LogP contribution in [-0.4, -0.2) is 12.1 Å². The van der Waals surface area contributed by atoms with Gasteiger partial charge in [-0.2, -0.15) is 0 Å². The first-order valence-corrected chi connectivity index (χ1v) is 8.30. The third kappa shape index (κ3) is 6.87. The summed E-state index contributed by atoms with van der Waals surface area (Å²) >= 11 is 3.65. The molecule has 0 amide bonds. The van der Waals surface area contributed by atoms with E-state index in [0.717, 1.165) is 17.4 Å². The summed E-state index contributed by atoms with van der Waals surface area (Å²) in [5, 5.41) is 3.43. The Morgan fingerprint density at radius 3 is 2.40 bits per heavy atom. The average Bonchev–Trinajstić information content (AvgIpc) is 2.34. The first kappa shape index (κ1) is 17.7. The molecule has 1 N–H and O–H groups in total. The molecule has 114 valence electrons. The molecule has 0 aliphatic heterocycles. The van der Waals surface area contributed by atoms with E-state index in [1.807, 2.05) is 0 Å². The highest BCUT2D eigenvalue weighted by Gasteiger charge is 2.08. The molecule has 0 aliphatic rings. The zero-order chi connectivity index (χ0) is 15.1. The van der Waals surface area contributed by atoms with Crippen LogP contribution in [0.5, 0.6) is 0 Å². The van der Waals surface area contributed by atoms with Gasteiger partial charge in [-0.05, 0) is 36.5 Å². The second-order valence-electron chi connectivity index (χ2n) is 6.21. The van der Waals surface area contributed by atoms with Crippen molar-refractivity contribution in [3.8, 4) is 0 Å². The summed E-state index contributed by atoms with van der Waals surface area (Å²) in [6.07, 6.45) is 1.41. The number of nitrogens with one attached hydrogen (secondary N) is 1. The molecule has 0 radical (unpaired) electrons. The van der Waals surface area contributed by atoms with Crippen LogP contribution in [0.4, 0.5) is 0 Å². The number of benzene rings is 1. The molecule has 0 bridgehead atoms. The van der Waals surface area contributed by atoms with E-state index < -0.39 is 0 Å². The van der Waals surface area contributed by atoms with Gasteiger partial charge in [0.25, 0.3) is 0 Å². The van der Waals surface area contributed by atoms with E-state index in [1.54, 1.807) is 0 Å². The lowest BCUT2D eigenvalue weighted by Crippen LogP contribution is -2.21. The van der Waals surface area contributed by atoms with Crippen LogP contribution in [0, 0.1) is 5.92 Å². The molecule has 1 unspecified atom stereocenters. The summed E-state index contributed by atoms with van der Waals surface area (Å²) in [4.78, 5) is 0. The van der Waals surface area contributed by atoms with Crippen molar-refractivity contribution in [3.63, 3.8) is 0 Å². The molecule has 0 saturated heterocycles. The average molecular weight is 342 g/mol. The lowest BCUT2D eigenvalue weighted by molar-refractivity contribution is 0.0394. The Morgan fingerprint density at radius 2 is 1.85 bits per heavy atom. The zero-order valence-electron chi connectivity index (χ0n) is 13.4. The van der Waals surface area contributed by atoms with Gasteiger partial charge in [0.15, 0.2) is 0 Å². The van der Waals surface area contributed by atoms with Gasteiger partial charge in [-0.1, -0.05) is 55.8 Å². The molecule has 0 saturated carbocycles. The van der Waals surface area contributed by atoms with Crippen LogP contribution in [0.15, 0.2) is 22.7 Å². The van der Waals surface area contributed by atoms with E-state index >= 15 is 0 Å². The number of ether oxygens (including phenoxy) is 1. The van der Waals surface area contributed by atoms with E-state index in [2.05, 4.69) is 74.1 Å². The molecule has 1 aromatic carbocycles. The molecule has 3 heteroatoms. The second kappa shape index (κ2) is 8.81. The molecule has 0 heterocycles. The van der Waals surface area contributed by atoms with E-state index in [0.29, 0.717) is 24.7 Å². The molecule has 20 heavy (non-hydrogen) atoms. The number of hydrogen-bond donors (Lipinski definition) is 1. The fraction of sp³-hybridized carbons (Fsp3) is 0.647. The highest BCUT2D eigenvalue weighted by Crippen LogP contribution is 2.21. The predicted octanol–water partition coefficient (Wildman–Crippen LogP) is 4.90. The Hall–Kier alpha value is -0.380. The van der Waals surface area contributed by atoms with Crippen molar-refractivity contribution in [1.82, 2.24) is 5.32 Å². The van der Waals surface area contributed by atoms with Crippen molar-refractivity contribution in [2.75, 3.05) is 0 Å². The fourth-order valence-corrected chi connectivity index (χ4v) is 2.64. The maximum absolute atomic E-state index is 5.91. The molecule has 1 rings (SSSR count). The van der Waals surface area contributed by atoms with Crippen LogP contribution in [0.2, 0.25) is 0 Å². The summed E-state index contributed by atoms with van der Waals surface area (Å²) in [7, 11) is 0. The van der Waals surface area contributed by atoms with Crippen molar-refractivity contribution in [2.24, 2.45) is 5.92 Å². The standard InChI is InChI=1S/C17H28BrNO/c1-12(2)8-14(5)20-11-16-7-6-15(9-17(16)18)10-19-13(3)4/h6-7,9,12-14,19H,8,10-11H2,1-5H3. The van der Waals surface area contributed by atoms with E-state index in [9.17, 15) is 0 Å². The number of rotatable bonds is 8. The van der Waals surface area contributed by atoms with Crippen molar-refractivity contribution < 1.29 is 4.74 Å². The Morgan fingerprint density at radius 1 is 1.15 bits per heavy atom. The van der Waals surface area contributed by atoms with Crippen LogP contribution in [0.3, 0.4) is 0 Å². The van der Waals surface area contributed by atoms with Gasteiger partial charge >= 0.3 is 0 Å². The normalized spacial score (nSPS) is 13.2. The van der Waals surface area contributed by atoms with Crippen molar-refractivity contribution in [3.05, 3.63) is 33.8 Å². The van der Waals surface area contributed by atoms with Crippen molar-refractivity contribution in [2.45, 2.75) is 66.3 Å². The summed E-state index contributed by atoms with van der Waals surface area (Å²) in [6.45, 7) is 12.5. The van der Waals surface area contributed by atoms with E-state index in [-0.39, 0.29) is 0 Å². The van der Waals surface area contributed by atoms with Crippen LogP contribution >= 0.6 is 15.9 Å². The summed E-state index contributed by atoms with van der Waals surface area (Å²) in [6, 6.07) is 7.02. The summed E-state index contributed by atoms with van der Waals surface area (Å²) < 4.78 is 7.05. The maximum atomic E-state index is 5.91. The maximum Gasteiger partial charge on any atom is 0.0731 e. The van der Waals surface area contributed by atoms with Gasteiger partial charge in [-0.25, -0.2) is 0 Å². The van der Waals surface area contributed by atoms with Gasteiger partial charge in [0.05, 0.1) is 12.7 Å². The highest BCUT2D eigenvalue weighted by atomic mass is 79.9. The second-order valence-corrected chi connectivity index (χ2v) is 7.07. The fourth-order valence-electron chi connectivity index (χ4n) is 2.10. The smallest absolute Gasteiger partial charge is 0.0731 e. The van der Waals surface area contributed by atoms with Gasteiger partial charge in [0, 0.05) is 17.1 Å². The monoisotopic (exact) mass is 341 g/mol. The van der Waals surface area contributed by atoms with Gasteiger partial charge in [-0.3, -0.25) is 0 Å². The molecular formula is C17H28BrNO. The minimum atomic E-state index is 0.309. The molecule has 2 nitrogen and oxygen atoms in total. The Bertz CT molecular complexity index is 404. The minimum absolute atomic E-state index is 0.309. The van der Waals surface area contributed by atoms with Gasteiger partial charge in [0.1, 0.15) is 0 Å². The topological polar surface area (TPSA) is 21.3 Å². The number of hydrogen-bond acceptors (Lipinski definition) is 2. The van der Waals surface area contributed by atoms with Gasteiger partial charge in [-0.15, -0.1) is 0 Å². The third-order valence-electron chi connectivity index (χ3n) is 3.16. The van der Waals surface area contributed by atoms with Gasteiger partial charge < -0.3 is 10.1 Å². The molecule has 0 spiro atoms. The van der Waals surface area contributed by atoms with E-state index in [4.69, 9.17) is 4.74 Å². The Balaban J connectivity index is 2.51. The van der Waals surface area contributed by atoms with Crippen LogP contribution < -0.4 is 5.32 Å². The van der Waals surface area contributed by atoms with Crippen molar-refractivity contribution >= 4 is 15.9 Å². The molecule has 1 atom stereocenters. The Kier molecular flexibility index (Phi) is 7.78.